The zero-order chi connectivity index (χ0) is 19.3. The molecule has 1 heterocycles. The van der Waals surface area contributed by atoms with Crippen molar-refractivity contribution in [2.45, 2.75) is 26.8 Å². The van der Waals surface area contributed by atoms with E-state index in [1.165, 1.54) is 0 Å². The molecule has 2 amide bonds. The highest BCUT2D eigenvalue weighted by Gasteiger charge is 2.29. The van der Waals surface area contributed by atoms with Crippen LogP contribution in [0.15, 0.2) is 28.2 Å². The number of carbonyl (C=O) groups excluding carboxylic acids is 2. The maximum absolute atomic E-state index is 11.9. The van der Waals surface area contributed by atoms with Crippen molar-refractivity contribution in [1.29, 1.82) is 0 Å². The molecule has 1 aromatic carbocycles. The van der Waals surface area contributed by atoms with E-state index in [4.69, 9.17) is 27.9 Å². The molecular weight excluding hydrogens is 381 g/mol. The number of halogens is 2. The maximum atomic E-state index is 11.9. The van der Waals surface area contributed by atoms with Gasteiger partial charge >= 0.3 is 6.09 Å². The summed E-state index contributed by atoms with van der Waals surface area (Å²) in [5.41, 5.74) is 0.510. The minimum absolute atomic E-state index is 0.00720. The van der Waals surface area contributed by atoms with E-state index in [-0.39, 0.29) is 37.0 Å². The van der Waals surface area contributed by atoms with Gasteiger partial charge in [-0.15, -0.1) is 0 Å². The molecule has 0 aliphatic carbocycles. The minimum atomic E-state index is -0.687. The van der Waals surface area contributed by atoms with Gasteiger partial charge < -0.3 is 9.64 Å². The van der Waals surface area contributed by atoms with Crippen molar-refractivity contribution in [3.8, 4) is 0 Å². The summed E-state index contributed by atoms with van der Waals surface area (Å²) in [5, 5.41) is 5.72. The molecule has 1 aromatic rings. The van der Waals surface area contributed by atoms with Crippen LogP contribution in [0.5, 0.6) is 0 Å². The zero-order valence-electron chi connectivity index (χ0n) is 14.5. The van der Waals surface area contributed by atoms with Crippen LogP contribution in [0.1, 0.15) is 20.8 Å². The lowest BCUT2D eigenvalue weighted by Gasteiger charge is -2.19. The summed E-state index contributed by atoms with van der Waals surface area (Å²) >= 11 is 12.3. The fraction of sp³-hybridized carbons (Fsp3) is 0.375. The first-order valence-corrected chi connectivity index (χ1v) is 8.69. The second kappa shape index (κ2) is 8.86. The highest BCUT2D eigenvalue weighted by atomic mass is 35.5. The lowest BCUT2D eigenvalue weighted by Crippen LogP contribution is -2.36. The molecule has 0 spiro atoms. The van der Waals surface area contributed by atoms with Crippen molar-refractivity contribution in [2.75, 3.05) is 18.1 Å². The standard InChI is InChI=1S/C16H19Cl2N5O3/c1-4-26-16(25)22-14(19-9(2)3)21-15-20-12(24)8-23(15)11-7-5-6-10(17)13(11)18/h5-7,9H,4,8H2,1-3H3,(H2,19,20,21,22,24,25). The van der Waals surface area contributed by atoms with Crippen LogP contribution in [0, 0.1) is 0 Å². The summed E-state index contributed by atoms with van der Waals surface area (Å²) in [6.07, 6.45) is -0.687. The topological polar surface area (TPSA) is 95.4 Å². The number of amides is 2. The lowest BCUT2D eigenvalue weighted by atomic mass is 10.3. The first-order valence-electron chi connectivity index (χ1n) is 7.93. The Bertz CT molecular complexity index is 764. The predicted molar refractivity (Wildman–Crippen MR) is 102 cm³/mol. The molecule has 1 aliphatic heterocycles. The number of alkyl carbamates (subject to hydrolysis) is 1. The Morgan fingerprint density at radius 2 is 2.15 bits per heavy atom. The Hall–Kier alpha value is -2.32. The van der Waals surface area contributed by atoms with Crippen LogP contribution in [0.25, 0.3) is 0 Å². The van der Waals surface area contributed by atoms with E-state index >= 15 is 0 Å². The third kappa shape index (κ3) is 5.09. The SMILES string of the molecule is CCOC(=O)NC(=NC(C)C)/N=C1/NC(=O)CN1c1cccc(Cl)c1Cl. The van der Waals surface area contributed by atoms with Gasteiger partial charge in [0, 0.05) is 6.04 Å². The van der Waals surface area contributed by atoms with Crippen molar-refractivity contribution in [2.24, 2.45) is 9.98 Å². The Balaban J connectivity index is 2.38. The lowest BCUT2D eigenvalue weighted by molar-refractivity contribution is -0.117. The Kier molecular flexibility index (Phi) is 6.82. The number of carbonyl (C=O) groups is 2. The van der Waals surface area contributed by atoms with Crippen LogP contribution in [-0.2, 0) is 9.53 Å². The van der Waals surface area contributed by atoms with E-state index in [9.17, 15) is 9.59 Å². The largest absolute Gasteiger partial charge is 0.450 e. The van der Waals surface area contributed by atoms with Crippen LogP contribution in [0.3, 0.4) is 0 Å². The fourth-order valence-corrected chi connectivity index (χ4v) is 2.53. The molecule has 2 N–H and O–H groups in total. The van der Waals surface area contributed by atoms with E-state index in [2.05, 4.69) is 20.6 Å². The van der Waals surface area contributed by atoms with Gasteiger partial charge in [-0.3, -0.25) is 15.4 Å². The second-order valence-corrected chi connectivity index (χ2v) is 6.32. The van der Waals surface area contributed by atoms with Gasteiger partial charge in [-0.1, -0.05) is 29.3 Å². The first kappa shape index (κ1) is 20.0. The fourth-order valence-electron chi connectivity index (χ4n) is 2.13. The Morgan fingerprint density at radius 3 is 2.81 bits per heavy atom. The van der Waals surface area contributed by atoms with Crippen LogP contribution in [0.4, 0.5) is 10.5 Å². The number of aliphatic imine (C=N–C) groups is 2. The van der Waals surface area contributed by atoms with E-state index in [0.717, 1.165) is 0 Å². The predicted octanol–water partition coefficient (Wildman–Crippen LogP) is 2.80. The van der Waals surface area contributed by atoms with Gasteiger partial charge in [0.15, 0.2) is 0 Å². The molecule has 140 valence electrons. The molecule has 0 aromatic heterocycles. The average Bonchev–Trinajstić information content (AvgIpc) is 2.89. The molecule has 1 fully saturated rings. The number of nitrogens with one attached hydrogen (secondary N) is 2. The second-order valence-electron chi connectivity index (χ2n) is 5.53. The smallest absolute Gasteiger partial charge is 0.414 e. The molecule has 0 radical (unpaired) electrons. The number of benzene rings is 1. The van der Waals surface area contributed by atoms with E-state index < -0.39 is 6.09 Å². The van der Waals surface area contributed by atoms with Crippen molar-refractivity contribution in [3.63, 3.8) is 0 Å². The van der Waals surface area contributed by atoms with Crippen molar-refractivity contribution in [1.82, 2.24) is 10.6 Å². The van der Waals surface area contributed by atoms with Crippen LogP contribution >= 0.6 is 23.2 Å². The number of nitrogens with zero attached hydrogens (tertiary/aromatic N) is 3. The van der Waals surface area contributed by atoms with Crippen molar-refractivity contribution in [3.05, 3.63) is 28.2 Å². The number of ether oxygens (including phenoxy) is 1. The monoisotopic (exact) mass is 399 g/mol. The summed E-state index contributed by atoms with van der Waals surface area (Å²) in [7, 11) is 0. The molecular formula is C16H19Cl2N5O3. The highest BCUT2D eigenvalue weighted by Crippen LogP contribution is 2.33. The van der Waals surface area contributed by atoms with Gasteiger partial charge in [0.25, 0.3) is 0 Å². The molecule has 10 heteroatoms. The number of guanidine groups is 2. The number of rotatable bonds is 3. The molecule has 0 saturated carbocycles. The molecule has 0 unspecified atom stereocenters. The van der Waals surface area contributed by atoms with Gasteiger partial charge in [0.2, 0.25) is 17.8 Å². The maximum Gasteiger partial charge on any atom is 0.414 e. The quantitative estimate of drug-likeness (QED) is 0.603. The van der Waals surface area contributed by atoms with Crippen LogP contribution in [-0.4, -0.2) is 43.1 Å². The summed E-state index contributed by atoms with van der Waals surface area (Å²) in [6.45, 7) is 5.55. The number of hydrogen-bond acceptors (Lipinski definition) is 4. The zero-order valence-corrected chi connectivity index (χ0v) is 16.1. The van der Waals surface area contributed by atoms with Gasteiger partial charge in [-0.25, -0.2) is 9.79 Å². The summed E-state index contributed by atoms with van der Waals surface area (Å²) in [5.74, 6) is -0.0889. The molecule has 2 rings (SSSR count). The number of anilines is 1. The molecule has 0 atom stereocenters. The van der Waals surface area contributed by atoms with E-state index in [1.54, 1.807) is 30.0 Å². The molecule has 1 aliphatic rings. The van der Waals surface area contributed by atoms with E-state index in [0.29, 0.717) is 15.7 Å². The van der Waals surface area contributed by atoms with Gasteiger partial charge in [0.1, 0.15) is 6.54 Å². The summed E-state index contributed by atoms with van der Waals surface area (Å²) < 4.78 is 4.85. The average molecular weight is 400 g/mol. The summed E-state index contributed by atoms with van der Waals surface area (Å²) in [6, 6.07) is 4.92. The van der Waals surface area contributed by atoms with Gasteiger partial charge in [-0.2, -0.15) is 4.99 Å². The summed E-state index contributed by atoms with van der Waals surface area (Å²) in [4.78, 5) is 33.7. The van der Waals surface area contributed by atoms with Gasteiger partial charge in [0.05, 0.1) is 22.3 Å². The first-order chi connectivity index (χ1) is 12.3. The number of hydrogen-bond donors (Lipinski definition) is 2. The Morgan fingerprint density at radius 1 is 1.42 bits per heavy atom. The molecule has 0 bridgehead atoms. The van der Waals surface area contributed by atoms with Gasteiger partial charge in [-0.05, 0) is 32.9 Å². The minimum Gasteiger partial charge on any atom is -0.450 e. The normalized spacial score (nSPS) is 16.2. The Labute approximate surface area is 161 Å². The van der Waals surface area contributed by atoms with Crippen molar-refractivity contribution >= 4 is 52.8 Å². The van der Waals surface area contributed by atoms with Crippen molar-refractivity contribution < 1.29 is 14.3 Å². The third-order valence-corrected chi connectivity index (χ3v) is 3.92. The van der Waals surface area contributed by atoms with E-state index in [1.807, 2.05) is 13.8 Å². The molecule has 26 heavy (non-hydrogen) atoms. The highest BCUT2D eigenvalue weighted by molar-refractivity contribution is 6.44. The molecule has 1 saturated heterocycles. The van der Waals surface area contributed by atoms with Crippen LogP contribution < -0.4 is 15.5 Å². The molecule has 8 nitrogen and oxygen atoms in total. The third-order valence-electron chi connectivity index (χ3n) is 3.11. The van der Waals surface area contributed by atoms with Crippen LogP contribution in [0.2, 0.25) is 10.0 Å².